The van der Waals surface area contributed by atoms with Gasteiger partial charge in [-0.2, -0.15) is 11.8 Å². The molecule has 0 amide bonds. The molecule has 1 aliphatic carbocycles. The lowest BCUT2D eigenvalue weighted by Gasteiger charge is -2.43. The lowest BCUT2D eigenvalue weighted by Crippen LogP contribution is -2.55. The molecule has 88 valence electrons. The van der Waals surface area contributed by atoms with Crippen molar-refractivity contribution in [1.82, 2.24) is 4.90 Å². The second kappa shape index (κ2) is 4.27. The zero-order valence-electron chi connectivity index (χ0n) is 10.1. The molecule has 1 saturated heterocycles. The average Bonchev–Trinajstić information content (AvgIpc) is 2.57. The van der Waals surface area contributed by atoms with E-state index in [1.807, 2.05) is 0 Å². The van der Waals surface area contributed by atoms with Crippen LogP contribution in [-0.2, 0) is 0 Å². The van der Waals surface area contributed by atoms with Gasteiger partial charge in [-0.05, 0) is 24.7 Å². The SMILES string of the molecule is CC1(C)CCC(CN)(N2CCSCC2)C1. The van der Waals surface area contributed by atoms with Crippen molar-refractivity contribution < 1.29 is 0 Å². The van der Waals surface area contributed by atoms with E-state index in [2.05, 4.69) is 30.5 Å². The number of nitrogens with zero attached hydrogens (tertiary/aromatic N) is 1. The minimum atomic E-state index is 0.338. The van der Waals surface area contributed by atoms with Crippen molar-refractivity contribution in [2.24, 2.45) is 11.1 Å². The normalized spacial score (nSPS) is 37.0. The van der Waals surface area contributed by atoms with Crippen LogP contribution in [0.3, 0.4) is 0 Å². The fourth-order valence-electron chi connectivity index (χ4n) is 3.25. The van der Waals surface area contributed by atoms with E-state index in [1.165, 1.54) is 43.9 Å². The van der Waals surface area contributed by atoms with Crippen LogP contribution in [0.5, 0.6) is 0 Å². The largest absolute Gasteiger partial charge is 0.329 e. The molecule has 2 rings (SSSR count). The Kier molecular flexibility index (Phi) is 3.34. The standard InChI is InChI=1S/C12H24N2S/c1-11(2)3-4-12(9-11,10-13)14-5-7-15-8-6-14/h3-10,13H2,1-2H3. The van der Waals surface area contributed by atoms with Gasteiger partial charge in [0.25, 0.3) is 0 Å². The molecule has 0 aromatic heterocycles. The van der Waals surface area contributed by atoms with Crippen molar-refractivity contribution in [2.75, 3.05) is 31.1 Å². The van der Waals surface area contributed by atoms with Gasteiger partial charge in [-0.25, -0.2) is 0 Å². The number of hydrogen-bond donors (Lipinski definition) is 1. The van der Waals surface area contributed by atoms with Crippen molar-refractivity contribution >= 4 is 11.8 Å². The first-order valence-electron chi connectivity index (χ1n) is 6.11. The second-order valence-corrected chi connectivity index (χ2v) is 7.09. The Hall–Kier alpha value is 0.270. The number of nitrogens with two attached hydrogens (primary N) is 1. The summed E-state index contributed by atoms with van der Waals surface area (Å²) in [4.78, 5) is 2.68. The maximum atomic E-state index is 6.07. The molecule has 1 heterocycles. The lowest BCUT2D eigenvalue weighted by molar-refractivity contribution is 0.100. The highest BCUT2D eigenvalue weighted by molar-refractivity contribution is 7.99. The van der Waals surface area contributed by atoms with Crippen molar-refractivity contribution in [3.63, 3.8) is 0 Å². The van der Waals surface area contributed by atoms with Crippen LogP contribution in [0.2, 0.25) is 0 Å². The molecule has 2 N–H and O–H groups in total. The van der Waals surface area contributed by atoms with Crippen LogP contribution in [0.15, 0.2) is 0 Å². The van der Waals surface area contributed by atoms with Crippen LogP contribution in [0.4, 0.5) is 0 Å². The summed E-state index contributed by atoms with van der Waals surface area (Å²) >= 11 is 2.08. The second-order valence-electron chi connectivity index (χ2n) is 5.87. The molecule has 2 aliphatic rings. The summed E-state index contributed by atoms with van der Waals surface area (Å²) in [6, 6.07) is 0. The summed E-state index contributed by atoms with van der Waals surface area (Å²) in [5.41, 5.74) is 6.91. The summed E-state index contributed by atoms with van der Waals surface area (Å²) in [5.74, 6) is 2.59. The van der Waals surface area contributed by atoms with E-state index in [0.29, 0.717) is 11.0 Å². The Morgan fingerprint density at radius 3 is 2.33 bits per heavy atom. The van der Waals surface area contributed by atoms with Crippen LogP contribution in [0.25, 0.3) is 0 Å². The van der Waals surface area contributed by atoms with Gasteiger partial charge in [0.1, 0.15) is 0 Å². The molecule has 2 fully saturated rings. The molecule has 0 radical (unpaired) electrons. The molecule has 0 aromatic rings. The van der Waals surface area contributed by atoms with Gasteiger partial charge in [0.15, 0.2) is 0 Å². The van der Waals surface area contributed by atoms with Gasteiger partial charge in [0, 0.05) is 36.7 Å². The van der Waals surface area contributed by atoms with E-state index in [1.54, 1.807) is 0 Å². The predicted molar refractivity (Wildman–Crippen MR) is 68.3 cm³/mol. The van der Waals surface area contributed by atoms with Crippen LogP contribution in [0, 0.1) is 5.41 Å². The number of hydrogen-bond acceptors (Lipinski definition) is 3. The van der Waals surface area contributed by atoms with Gasteiger partial charge in [0.05, 0.1) is 0 Å². The first kappa shape index (κ1) is 11.7. The van der Waals surface area contributed by atoms with E-state index < -0.39 is 0 Å². The minimum absolute atomic E-state index is 0.338. The number of rotatable bonds is 2. The highest BCUT2D eigenvalue weighted by atomic mass is 32.2. The van der Waals surface area contributed by atoms with Crippen molar-refractivity contribution in [2.45, 2.75) is 38.6 Å². The first-order chi connectivity index (χ1) is 7.08. The summed E-state index contributed by atoms with van der Waals surface area (Å²) < 4.78 is 0. The third-order valence-electron chi connectivity index (χ3n) is 4.14. The Morgan fingerprint density at radius 1 is 1.20 bits per heavy atom. The van der Waals surface area contributed by atoms with Gasteiger partial charge in [0.2, 0.25) is 0 Å². The van der Waals surface area contributed by atoms with E-state index in [9.17, 15) is 0 Å². The topological polar surface area (TPSA) is 29.3 Å². The maximum Gasteiger partial charge on any atom is 0.0337 e. The lowest BCUT2D eigenvalue weighted by atomic mass is 9.86. The Labute approximate surface area is 98.0 Å². The van der Waals surface area contributed by atoms with Gasteiger partial charge >= 0.3 is 0 Å². The minimum Gasteiger partial charge on any atom is -0.329 e. The highest BCUT2D eigenvalue weighted by Crippen LogP contribution is 2.46. The third kappa shape index (κ3) is 2.34. The molecule has 1 atom stereocenters. The maximum absolute atomic E-state index is 6.07. The van der Waals surface area contributed by atoms with Gasteiger partial charge < -0.3 is 5.73 Å². The average molecular weight is 228 g/mol. The Bertz CT molecular complexity index is 224. The van der Waals surface area contributed by atoms with Gasteiger partial charge in [-0.15, -0.1) is 0 Å². The molecule has 2 nitrogen and oxygen atoms in total. The Balaban J connectivity index is 2.08. The third-order valence-corrected chi connectivity index (χ3v) is 5.08. The summed E-state index contributed by atoms with van der Waals surface area (Å²) in [7, 11) is 0. The zero-order valence-corrected chi connectivity index (χ0v) is 10.9. The van der Waals surface area contributed by atoms with Gasteiger partial charge in [-0.3, -0.25) is 4.90 Å². The van der Waals surface area contributed by atoms with E-state index in [-0.39, 0.29) is 0 Å². The zero-order chi connectivity index (χ0) is 10.9. The molecule has 0 aromatic carbocycles. The summed E-state index contributed by atoms with van der Waals surface area (Å²) in [6.45, 7) is 8.13. The van der Waals surface area contributed by atoms with E-state index in [0.717, 1.165) is 6.54 Å². The van der Waals surface area contributed by atoms with Crippen molar-refractivity contribution in [1.29, 1.82) is 0 Å². The van der Waals surface area contributed by atoms with Crippen LogP contribution >= 0.6 is 11.8 Å². The first-order valence-corrected chi connectivity index (χ1v) is 7.26. The van der Waals surface area contributed by atoms with Crippen molar-refractivity contribution in [3.8, 4) is 0 Å². The van der Waals surface area contributed by atoms with Gasteiger partial charge in [-0.1, -0.05) is 13.8 Å². The summed E-state index contributed by atoms with van der Waals surface area (Å²) in [6.07, 6.45) is 3.94. The molecule has 0 spiro atoms. The fourth-order valence-corrected chi connectivity index (χ4v) is 4.15. The molecule has 1 saturated carbocycles. The fraction of sp³-hybridized carbons (Fsp3) is 1.00. The van der Waals surface area contributed by atoms with E-state index >= 15 is 0 Å². The Morgan fingerprint density at radius 2 is 1.87 bits per heavy atom. The molecule has 1 unspecified atom stereocenters. The monoisotopic (exact) mass is 228 g/mol. The molecular weight excluding hydrogens is 204 g/mol. The molecule has 1 aliphatic heterocycles. The molecular formula is C12H24N2S. The van der Waals surface area contributed by atoms with Crippen LogP contribution < -0.4 is 5.73 Å². The number of thioether (sulfide) groups is 1. The quantitative estimate of drug-likeness (QED) is 0.783. The smallest absolute Gasteiger partial charge is 0.0337 e. The van der Waals surface area contributed by atoms with E-state index in [4.69, 9.17) is 5.73 Å². The summed E-state index contributed by atoms with van der Waals surface area (Å²) in [5, 5.41) is 0. The molecule has 15 heavy (non-hydrogen) atoms. The van der Waals surface area contributed by atoms with Crippen LogP contribution in [0.1, 0.15) is 33.1 Å². The van der Waals surface area contributed by atoms with Crippen molar-refractivity contribution in [3.05, 3.63) is 0 Å². The van der Waals surface area contributed by atoms with Crippen LogP contribution in [-0.4, -0.2) is 41.6 Å². The predicted octanol–water partition coefficient (Wildman–Crippen LogP) is 1.94. The molecule has 3 heteroatoms. The molecule has 0 bridgehead atoms. The highest BCUT2D eigenvalue weighted by Gasteiger charge is 2.46.